The van der Waals surface area contributed by atoms with Crippen LogP contribution in [0.3, 0.4) is 0 Å². The zero-order valence-electron chi connectivity index (χ0n) is 11.5. The summed E-state index contributed by atoms with van der Waals surface area (Å²) in [5.74, 6) is -0.492. The highest BCUT2D eigenvalue weighted by atomic mass is 16.4. The van der Waals surface area contributed by atoms with Gasteiger partial charge in [-0.1, -0.05) is 43.7 Å². The van der Waals surface area contributed by atoms with Gasteiger partial charge in [-0.2, -0.15) is 0 Å². The van der Waals surface area contributed by atoms with E-state index in [1.165, 1.54) is 5.56 Å². The first-order valence-corrected chi connectivity index (χ1v) is 7.23. The second-order valence-corrected chi connectivity index (χ2v) is 5.42. The quantitative estimate of drug-likeness (QED) is 0.826. The molecule has 1 aromatic rings. The third-order valence-electron chi connectivity index (χ3n) is 4.21. The van der Waals surface area contributed by atoms with Crippen molar-refractivity contribution < 1.29 is 9.90 Å². The second kappa shape index (κ2) is 6.71. The minimum atomic E-state index is -0.628. The van der Waals surface area contributed by atoms with Crippen LogP contribution in [0.25, 0.3) is 0 Å². The molecule has 0 aliphatic heterocycles. The zero-order valence-corrected chi connectivity index (χ0v) is 11.5. The predicted molar refractivity (Wildman–Crippen MR) is 75.9 cm³/mol. The Labute approximate surface area is 115 Å². The van der Waals surface area contributed by atoms with Gasteiger partial charge in [0, 0.05) is 6.04 Å². The van der Waals surface area contributed by atoms with E-state index < -0.39 is 5.97 Å². The van der Waals surface area contributed by atoms with E-state index in [0.29, 0.717) is 6.04 Å². The van der Waals surface area contributed by atoms with Gasteiger partial charge in [0.05, 0.1) is 5.92 Å². The van der Waals surface area contributed by atoms with Gasteiger partial charge in [0.2, 0.25) is 0 Å². The molecule has 0 spiro atoms. The molecule has 0 heterocycles. The van der Waals surface area contributed by atoms with Crippen molar-refractivity contribution in [3.63, 3.8) is 0 Å². The highest BCUT2D eigenvalue weighted by Gasteiger charge is 2.32. The predicted octanol–water partition coefficient (Wildman–Crippen LogP) is 3.23. The summed E-state index contributed by atoms with van der Waals surface area (Å²) >= 11 is 0. The van der Waals surface area contributed by atoms with Crippen LogP contribution in [0.2, 0.25) is 0 Å². The number of benzene rings is 1. The number of hydrogen-bond acceptors (Lipinski definition) is 2. The fourth-order valence-electron chi connectivity index (χ4n) is 3.08. The van der Waals surface area contributed by atoms with Crippen molar-refractivity contribution in [3.05, 3.63) is 35.9 Å². The van der Waals surface area contributed by atoms with Gasteiger partial charge in [-0.3, -0.25) is 4.79 Å². The van der Waals surface area contributed by atoms with E-state index >= 15 is 0 Å². The Morgan fingerprint density at radius 3 is 2.74 bits per heavy atom. The molecule has 2 N–H and O–H groups in total. The van der Waals surface area contributed by atoms with Gasteiger partial charge >= 0.3 is 5.97 Å². The number of carboxylic acid groups (broad SMARTS) is 1. The Kier molecular flexibility index (Phi) is 4.97. The first kappa shape index (κ1) is 14.1. The van der Waals surface area contributed by atoms with Crippen LogP contribution in [-0.2, 0) is 4.79 Å². The Bertz CT molecular complexity index is 404. The van der Waals surface area contributed by atoms with Crippen LogP contribution in [0.15, 0.2) is 30.3 Å². The molecular formula is C16H23NO2. The molecule has 3 unspecified atom stereocenters. The van der Waals surface area contributed by atoms with Gasteiger partial charge < -0.3 is 10.4 Å². The van der Waals surface area contributed by atoms with Gasteiger partial charge in [0.1, 0.15) is 0 Å². The number of aliphatic carboxylic acids is 1. The molecule has 2 rings (SSSR count). The number of carboxylic acids is 1. The van der Waals surface area contributed by atoms with Crippen molar-refractivity contribution in [2.75, 3.05) is 6.54 Å². The number of rotatable bonds is 6. The van der Waals surface area contributed by atoms with E-state index in [1.54, 1.807) is 0 Å². The molecule has 1 saturated carbocycles. The van der Waals surface area contributed by atoms with Gasteiger partial charge in [0.25, 0.3) is 0 Å². The van der Waals surface area contributed by atoms with Crippen molar-refractivity contribution in [2.24, 2.45) is 11.8 Å². The Hall–Kier alpha value is -1.35. The summed E-state index contributed by atoms with van der Waals surface area (Å²) < 4.78 is 0. The maximum absolute atomic E-state index is 11.2. The molecule has 1 aliphatic rings. The lowest BCUT2D eigenvalue weighted by Crippen LogP contribution is -2.31. The summed E-state index contributed by atoms with van der Waals surface area (Å²) in [7, 11) is 0. The highest BCUT2D eigenvalue weighted by molar-refractivity contribution is 5.70. The molecule has 0 saturated heterocycles. The fourth-order valence-corrected chi connectivity index (χ4v) is 3.08. The summed E-state index contributed by atoms with van der Waals surface area (Å²) in [6.07, 6.45) is 3.94. The number of carbonyl (C=O) groups is 1. The third-order valence-corrected chi connectivity index (χ3v) is 4.21. The minimum Gasteiger partial charge on any atom is -0.481 e. The third kappa shape index (κ3) is 3.57. The van der Waals surface area contributed by atoms with E-state index in [4.69, 9.17) is 0 Å². The lowest BCUT2D eigenvalue weighted by Gasteiger charge is -2.22. The highest BCUT2D eigenvalue weighted by Crippen LogP contribution is 2.32. The van der Waals surface area contributed by atoms with Crippen LogP contribution in [0.4, 0.5) is 0 Å². The molecule has 19 heavy (non-hydrogen) atoms. The molecule has 1 aromatic carbocycles. The summed E-state index contributed by atoms with van der Waals surface area (Å²) in [5, 5.41) is 12.7. The van der Waals surface area contributed by atoms with Crippen molar-refractivity contribution in [2.45, 2.75) is 38.6 Å². The normalized spacial score (nSPS) is 24.3. The average Bonchev–Trinajstić information content (AvgIpc) is 2.89. The van der Waals surface area contributed by atoms with E-state index in [2.05, 4.69) is 36.5 Å². The molecule has 0 bridgehead atoms. The molecule has 0 radical (unpaired) electrons. The second-order valence-electron chi connectivity index (χ2n) is 5.42. The minimum absolute atomic E-state index is 0.152. The van der Waals surface area contributed by atoms with Crippen molar-refractivity contribution in [1.82, 2.24) is 5.32 Å². The first-order valence-electron chi connectivity index (χ1n) is 7.23. The van der Waals surface area contributed by atoms with E-state index in [1.807, 2.05) is 6.07 Å². The van der Waals surface area contributed by atoms with Crippen LogP contribution < -0.4 is 5.32 Å². The number of hydrogen-bond donors (Lipinski definition) is 2. The van der Waals surface area contributed by atoms with Crippen LogP contribution >= 0.6 is 0 Å². The molecule has 1 aliphatic carbocycles. The molecule has 3 heteroatoms. The van der Waals surface area contributed by atoms with Crippen molar-refractivity contribution in [1.29, 1.82) is 0 Å². The Morgan fingerprint density at radius 2 is 2.11 bits per heavy atom. The largest absolute Gasteiger partial charge is 0.481 e. The maximum atomic E-state index is 11.2. The van der Waals surface area contributed by atoms with Gasteiger partial charge in [0.15, 0.2) is 0 Å². The lowest BCUT2D eigenvalue weighted by molar-refractivity contribution is -0.142. The van der Waals surface area contributed by atoms with Crippen molar-refractivity contribution in [3.8, 4) is 0 Å². The van der Waals surface area contributed by atoms with Crippen LogP contribution in [0.1, 0.15) is 44.2 Å². The fraction of sp³-hybridized carbons (Fsp3) is 0.562. The maximum Gasteiger partial charge on any atom is 0.306 e. The van der Waals surface area contributed by atoms with Crippen LogP contribution in [-0.4, -0.2) is 17.6 Å². The van der Waals surface area contributed by atoms with Crippen LogP contribution in [0.5, 0.6) is 0 Å². The summed E-state index contributed by atoms with van der Waals surface area (Å²) in [6.45, 7) is 2.97. The smallest absolute Gasteiger partial charge is 0.306 e. The average molecular weight is 261 g/mol. The van der Waals surface area contributed by atoms with Gasteiger partial charge in [-0.15, -0.1) is 0 Å². The van der Waals surface area contributed by atoms with E-state index in [-0.39, 0.29) is 11.8 Å². The van der Waals surface area contributed by atoms with Gasteiger partial charge in [-0.25, -0.2) is 0 Å². The van der Waals surface area contributed by atoms with E-state index in [9.17, 15) is 9.90 Å². The van der Waals surface area contributed by atoms with E-state index in [0.717, 1.165) is 32.2 Å². The summed E-state index contributed by atoms with van der Waals surface area (Å²) in [6, 6.07) is 10.7. The Balaban J connectivity index is 1.91. The first-order chi connectivity index (χ1) is 9.22. The molecule has 1 fully saturated rings. The molecule has 104 valence electrons. The van der Waals surface area contributed by atoms with Crippen LogP contribution in [0, 0.1) is 11.8 Å². The SMILES string of the molecule is CCC(NCC1CCCC1C(=O)O)c1ccccc1. The van der Waals surface area contributed by atoms with Gasteiger partial charge in [-0.05, 0) is 37.3 Å². The molecule has 0 amide bonds. The molecular weight excluding hydrogens is 238 g/mol. The Morgan fingerprint density at radius 1 is 1.37 bits per heavy atom. The topological polar surface area (TPSA) is 49.3 Å². The zero-order chi connectivity index (χ0) is 13.7. The monoisotopic (exact) mass is 261 g/mol. The molecule has 0 aromatic heterocycles. The van der Waals surface area contributed by atoms with Crippen molar-refractivity contribution >= 4 is 5.97 Å². The standard InChI is InChI=1S/C16H23NO2/c1-2-15(12-7-4-3-5-8-12)17-11-13-9-6-10-14(13)16(18)19/h3-5,7-8,13-15,17H,2,6,9-11H2,1H3,(H,18,19). The number of nitrogens with one attached hydrogen (secondary N) is 1. The summed E-state index contributed by atoms with van der Waals surface area (Å²) in [5.41, 5.74) is 1.29. The molecule has 3 nitrogen and oxygen atoms in total. The lowest BCUT2D eigenvalue weighted by atomic mass is 9.95. The molecule has 3 atom stereocenters. The summed E-state index contributed by atoms with van der Waals surface area (Å²) in [4.78, 5) is 11.2.